The molecule has 108 valence electrons. The summed E-state index contributed by atoms with van der Waals surface area (Å²) in [5.74, 6) is 0. The second-order valence-corrected chi connectivity index (χ2v) is 6.55. The van der Waals surface area contributed by atoms with E-state index in [9.17, 15) is 0 Å². The molecule has 0 saturated carbocycles. The van der Waals surface area contributed by atoms with Crippen LogP contribution in [-0.4, -0.2) is 11.5 Å². The van der Waals surface area contributed by atoms with Crippen LogP contribution in [0.4, 0.5) is 0 Å². The van der Waals surface area contributed by atoms with Gasteiger partial charge in [0.15, 0.2) is 0 Å². The van der Waals surface area contributed by atoms with Gasteiger partial charge in [-0.3, -0.25) is 0 Å². The number of aromatic nitrogens is 1. The second-order valence-electron chi connectivity index (χ2n) is 4.91. The summed E-state index contributed by atoms with van der Waals surface area (Å²) in [5.41, 5.74) is 3.49. The van der Waals surface area contributed by atoms with Crippen LogP contribution in [0.3, 0.4) is 0 Å². The van der Waals surface area contributed by atoms with Crippen LogP contribution in [0.1, 0.15) is 46.6 Å². The van der Waals surface area contributed by atoms with Crippen LogP contribution < -0.4 is 5.32 Å². The quantitative estimate of drug-likeness (QED) is 0.868. The summed E-state index contributed by atoms with van der Waals surface area (Å²) in [6, 6.07) is 6.38. The van der Waals surface area contributed by atoms with Crippen molar-refractivity contribution < 1.29 is 0 Å². The van der Waals surface area contributed by atoms with Gasteiger partial charge in [0.25, 0.3) is 0 Å². The Morgan fingerprint density at radius 1 is 1.30 bits per heavy atom. The third-order valence-corrected chi connectivity index (χ3v) is 4.91. The fourth-order valence-electron chi connectivity index (χ4n) is 2.24. The predicted molar refractivity (Wildman–Crippen MR) is 87.9 cm³/mol. The Bertz CT molecular complexity index is 592. The fraction of sp³-hybridized carbons (Fsp3) is 0.438. The minimum absolute atomic E-state index is 0.127. The molecule has 0 aliphatic rings. The van der Waals surface area contributed by atoms with Crippen LogP contribution in [0.25, 0.3) is 0 Å². The number of nitrogens with one attached hydrogen (secondary N) is 1. The number of thiazole rings is 1. The highest BCUT2D eigenvalue weighted by molar-refractivity contribution is 7.11. The van der Waals surface area contributed by atoms with Gasteiger partial charge in [-0.05, 0) is 44.0 Å². The largest absolute Gasteiger partial charge is 0.305 e. The number of benzene rings is 1. The number of nitrogens with zero attached hydrogens (tertiary/aromatic N) is 1. The molecule has 0 saturated heterocycles. The van der Waals surface area contributed by atoms with E-state index in [0.29, 0.717) is 0 Å². The third kappa shape index (κ3) is 3.22. The molecule has 4 heteroatoms. The first-order valence-corrected chi connectivity index (χ1v) is 8.21. The number of hydrogen-bond donors (Lipinski definition) is 1. The molecular weight excluding hydrogens is 288 g/mol. The maximum atomic E-state index is 6.26. The van der Waals surface area contributed by atoms with Gasteiger partial charge in [0, 0.05) is 9.90 Å². The van der Waals surface area contributed by atoms with Crippen molar-refractivity contribution in [3.8, 4) is 0 Å². The molecule has 1 atom stereocenters. The van der Waals surface area contributed by atoms with E-state index in [1.165, 1.54) is 16.1 Å². The lowest BCUT2D eigenvalue weighted by Gasteiger charge is -2.16. The zero-order chi connectivity index (χ0) is 14.7. The Morgan fingerprint density at radius 2 is 2.05 bits per heavy atom. The first-order valence-electron chi connectivity index (χ1n) is 7.02. The van der Waals surface area contributed by atoms with Crippen molar-refractivity contribution in [1.29, 1.82) is 0 Å². The number of rotatable bonds is 5. The van der Waals surface area contributed by atoms with Gasteiger partial charge in [-0.1, -0.05) is 37.6 Å². The van der Waals surface area contributed by atoms with Crippen LogP contribution in [0, 0.1) is 13.8 Å². The molecule has 0 radical (unpaired) electrons. The molecule has 2 aromatic rings. The van der Waals surface area contributed by atoms with E-state index in [4.69, 9.17) is 16.6 Å². The Kier molecular flexibility index (Phi) is 5.19. The summed E-state index contributed by atoms with van der Waals surface area (Å²) >= 11 is 8.04. The molecule has 1 aromatic carbocycles. The standard InChI is InChI=1S/C16H21ClN2S/c1-5-14-11(4)20-16(19-14)15(18-6-2)12-8-7-10(3)13(17)9-12/h7-9,15,18H,5-6H2,1-4H3. The molecule has 0 amide bonds. The van der Waals surface area contributed by atoms with Crippen molar-refractivity contribution in [1.82, 2.24) is 10.3 Å². The lowest BCUT2D eigenvalue weighted by molar-refractivity contribution is 0.625. The van der Waals surface area contributed by atoms with E-state index < -0.39 is 0 Å². The van der Waals surface area contributed by atoms with Crippen molar-refractivity contribution in [3.05, 3.63) is 49.9 Å². The highest BCUT2D eigenvalue weighted by atomic mass is 35.5. The minimum atomic E-state index is 0.127. The Hall–Kier alpha value is -0.900. The van der Waals surface area contributed by atoms with Crippen molar-refractivity contribution in [3.63, 3.8) is 0 Å². The average molecular weight is 309 g/mol. The maximum Gasteiger partial charge on any atom is 0.115 e. The first kappa shape index (κ1) is 15.5. The number of hydrogen-bond acceptors (Lipinski definition) is 3. The van der Waals surface area contributed by atoms with Crippen LogP contribution in [0.2, 0.25) is 5.02 Å². The second kappa shape index (κ2) is 6.70. The lowest BCUT2D eigenvalue weighted by Crippen LogP contribution is -2.22. The SMILES string of the molecule is CCNC(c1ccc(C)c(Cl)c1)c1nc(CC)c(C)s1. The molecule has 2 nitrogen and oxygen atoms in total. The van der Waals surface area contributed by atoms with Crippen molar-refractivity contribution >= 4 is 22.9 Å². The van der Waals surface area contributed by atoms with Gasteiger partial charge in [0.1, 0.15) is 5.01 Å². The summed E-state index contributed by atoms with van der Waals surface area (Å²) in [6.45, 7) is 9.33. The minimum Gasteiger partial charge on any atom is -0.305 e. The molecular formula is C16H21ClN2S. The van der Waals surface area contributed by atoms with Gasteiger partial charge < -0.3 is 5.32 Å². The van der Waals surface area contributed by atoms with Gasteiger partial charge in [-0.15, -0.1) is 11.3 Å². The smallest absolute Gasteiger partial charge is 0.115 e. The summed E-state index contributed by atoms with van der Waals surface area (Å²) in [6.07, 6.45) is 0.982. The molecule has 0 fully saturated rings. The highest BCUT2D eigenvalue weighted by Crippen LogP contribution is 2.30. The molecule has 0 bridgehead atoms. The summed E-state index contributed by atoms with van der Waals surface area (Å²) in [4.78, 5) is 6.10. The monoisotopic (exact) mass is 308 g/mol. The van der Waals surface area contributed by atoms with Gasteiger partial charge in [0.2, 0.25) is 0 Å². The zero-order valence-electron chi connectivity index (χ0n) is 12.5. The molecule has 0 spiro atoms. The maximum absolute atomic E-state index is 6.26. The Labute approximate surface area is 130 Å². The predicted octanol–water partition coefficient (Wildman–Crippen LogP) is 4.67. The Morgan fingerprint density at radius 3 is 2.60 bits per heavy atom. The molecule has 1 heterocycles. The van der Waals surface area contributed by atoms with Gasteiger partial charge in [-0.25, -0.2) is 4.98 Å². The van der Waals surface area contributed by atoms with Gasteiger partial charge in [-0.2, -0.15) is 0 Å². The van der Waals surface area contributed by atoms with E-state index >= 15 is 0 Å². The van der Waals surface area contributed by atoms with Crippen molar-refractivity contribution in [2.75, 3.05) is 6.54 Å². The summed E-state index contributed by atoms with van der Waals surface area (Å²) in [7, 11) is 0. The number of aryl methyl sites for hydroxylation is 3. The van der Waals surface area contributed by atoms with Crippen LogP contribution in [0.5, 0.6) is 0 Å². The summed E-state index contributed by atoms with van der Waals surface area (Å²) < 4.78 is 0. The van der Waals surface area contributed by atoms with Gasteiger partial charge in [0.05, 0.1) is 11.7 Å². The van der Waals surface area contributed by atoms with E-state index in [1.54, 1.807) is 11.3 Å². The first-order chi connectivity index (χ1) is 9.56. The van der Waals surface area contributed by atoms with Gasteiger partial charge >= 0.3 is 0 Å². The lowest BCUT2D eigenvalue weighted by atomic mass is 10.1. The van der Waals surface area contributed by atoms with E-state index in [0.717, 1.165) is 28.6 Å². The average Bonchev–Trinajstić information content (AvgIpc) is 2.80. The number of halogens is 1. The van der Waals surface area contributed by atoms with Crippen LogP contribution in [0.15, 0.2) is 18.2 Å². The third-order valence-electron chi connectivity index (χ3n) is 3.43. The molecule has 0 aliphatic carbocycles. The van der Waals surface area contributed by atoms with Crippen LogP contribution in [-0.2, 0) is 6.42 Å². The van der Waals surface area contributed by atoms with Crippen molar-refractivity contribution in [2.24, 2.45) is 0 Å². The topological polar surface area (TPSA) is 24.9 Å². The fourth-order valence-corrected chi connectivity index (χ4v) is 3.55. The van der Waals surface area contributed by atoms with Crippen LogP contribution >= 0.6 is 22.9 Å². The highest BCUT2D eigenvalue weighted by Gasteiger charge is 2.19. The van der Waals surface area contributed by atoms with E-state index in [2.05, 4.69) is 38.2 Å². The molecule has 2 rings (SSSR count). The normalized spacial score (nSPS) is 12.7. The summed E-state index contributed by atoms with van der Waals surface area (Å²) in [5, 5.41) is 5.46. The Balaban J connectivity index is 2.41. The molecule has 20 heavy (non-hydrogen) atoms. The van der Waals surface area contributed by atoms with E-state index in [-0.39, 0.29) is 6.04 Å². The molecule has 0 aliphatic heterocycles. The van der Waals surface area contributed by atoms with E-state index in [1.807, 2.05) is 13.0 Å². The molecule has 1 aromatic heterocycles. The zero-order valence-corrected chi connectivity index (χ0v) is 14.0. The molecule has 1 unspecified atom stereocenters. The molecule has 1 N–H and O–H groups in total. The van der Waals surface area contributed by atoms with Crippen molar-refractivity contribution in [2.45, 2.75) is 40.2 Å².